The van der Waals surface area contributed by atoms with Gasteiger partial charge in [0.25, 0.3) is 5.91 Å². The SMILES string of the molecule is CC(Oc1ccc(Cl)cc1Cl)C(=O)NNC(=O)C(c1ccccc1)c1ccccc1. The van der Waals surface area contributed by atoms with Gasteiger partial charge in [0.05, 0.1) is 10.9 Å². The van der Waals surface area contributed by atoms with E-state index in [9.17, 15) is 9.59 Å². The van der Waals surface area contributed by atoms with E-state index in [4.69, 9.17) is 27.9 Å². The quantitative estimate of drug-likeness (QED) is 0.541. The fourth-order valence-electron chi connectivity index (χ4n) is 2.90. The van der Waals surface area contributed by atoms with Crippen molar-refractivity contribution in [2.75, 3.05) is 0 Å². The summed E-state index contributed by atoms with van der Waals surface area (Å²) < 4.78 is 5.57. The molecule has 0 aliphatic rings. The normalized spacial score (nSPS) is 11.6. The van der Waals surface area contributed by atoms with Crippen LogP contribution in [0.15, 0.2) is 78.9 Å². The molecule has 154 valence electrons. The number of halogens is 2. The molecular formula is C23H20Cl2N2O3. The number of hydrazine groups is 1. The maximum absolute atomic E-state index is 12.9. The molecule has 0 radical (unpaired) electrons. The van der Waals surface area contributed by atoms with Crippen LogP contribution in [0.5, 0.6) is 5.75 Å². The number of nitrogens with one attached hydrogen (secondary N) is 2. The molecule has 0 aliphatic carbocycles. The highest BCUT2D eigenvalue weighted by Gasteiger charge is 2.24. The lowest BCUT2D eigenvalue weighted by atomic mass is 9.91. The maximum Gasteiger partial charge on any atom is 0.279 e. The van der Waals surface area contributed by atoms with Crippen LogP contribution < -0.4 is 15.6 Å². The van der Waals surface area contributed by atoms with Crippen molar-refractivity contribution >= 4 is 35.0 Å². The molecular weight excluding hydrogens is 423 g/mol. The van der Waals surface area contributed by atoms with Gasteiger partial charge in [0.2, 0.25) is 5.91 Å². The Hall–Kier alpha value is -3.02. The molecule has 0 fully saturated rings. The van der Waals surface area contributed by atoms with Crippen LogP contribution in [-0.4, -0.2) is 17.9 Å². The lowest BCUT2D eigenvalue weighted by Gasteiger charge is -2.20. The smallest absolute Gasteiger partial charge is 0.279 e. The Labute approximate surface area is 184 Å². The Bertz CT molecular complexity index is 974. The van der Waals surface area contributed by atoms with Crippen LogP contribution in [0.1, 0.15) is 24.0 Å². The van der Waals surface area contributed by atoms with E-state index in [1.807, 2.05) is 60.7 Å². The van der Waals surface area contributed by atoms with E-state index >= 15 is 0 Å². The molecule has 5 nitrogen and oxygen atoms in total. The van der Waals surface area contributed by atoms with Crippen molar-refractivity contribution in [2.24, 2.45) is 0 Å². The van der Waals surface area contributed by atoms with Gasteiger partial charge in [-0.15, -0.1) is 0 Å². The van der Waals surface area contributed by atoms with Crippen molar-refractivity contribution in [1.82, 2.24) is 10.9 Å². The van der Waals surface area contributed by atoms with Crippen LogP contribution in [-0.2, 0) is 9.59 Å². The van der Waals surface area contributed by atoms with E-state index in [1.54, 1.807) is 19.1 Å². The van der Waals surface area contributed by atoms with E-state index in [0.717, 1.165) is 11.1 Å². The average Bonchev–Trinajstić information content (AvgIpc) is 2.75. The van der Waals surface area contributed by atoms with Crippen molar-refractivity contribution in [3.63, 3.8) is 0 Å². The van der Waals surface area contributed by atoms with Gasteiger partial charge in [-0.05, 0) is 36.2 Å². The number of hydrogen-bond donors (Lipinski definition) is 2. The fraction of sp³-hybridized carbons (Fsp3) is 0.130. The summed E-state index contributed by atoms with van der Waals surface area (Å²) in [5.41, 5.74) is 6.54. The number of rotatable bonds is 6. The van der Waals surface area contributed by atoms with Crippen molar-refractivity contribution < 1.29 is 14.3 Å². The second kappa shape index (κ2) is 10.1. The predicted octanol–water partition coefficient (Wildman–Crippen LogP) is 4.74. The van der Waals surface area contributed by atoms with Crippen molar-refractivity contribution in [3.8, 4) is 5.75 Å². The van der Waals surface area contributed by atoms with Crippen molar-refractivity contribution in [1.29, 1.82) is 0 Å². The van der Waals surface area contributed by atoms with Crippen LogP contribution in [0.3, 0.4) is 0 Å². The van der Waals surface area contributed by atoms with Crippen LogP contribution in [0, 0.1) is 0 Å². The molecule has 3 rings (SSSR count). The Morgan fingerprint density at radius 1 is 0.800 bits per heavy atom. The topological polar surface area (TPSA) is 67.4 Å². The van der Waals surface area contributed by atoms with Crippen LogP contribution >= 0.6 is 23.2 Å². The molecule has 3 aromatic carbocycles. The largest absolute Gasteiger partial charge is 0.479 e. The Balaban J connectivity index is 1.66. The zero-order valence-corrected chi connectivity index (χ0v) is 17.7. The van der Waals surface area contributed by atoms with Crippen LogP contribution in [0.4, 0.5) is 0 Å². The molecule has 0 saturated heterocycles. The van der Waals surface area contributed by atoms with Gasteiger partial charge in [0.1, 0.15) is 5.75 Å². The second-order valence-corrected chi connectivity index (χ2v) is 7.41. The summed E-state index contributed by atoms with van der Waals surface area (Å²) >= 11 is 11.9. The third kappa shape index (κ3) is 5.53. The van der Waals surface area contributed by atoms with Gasteiger partial charge in [-0.3, -0.25) is 20.4 Å². The molecule has 0 heterocycles. The highest BCUT2D eigenvalue weighted by molar-refractivity contribution is 6.35. The predicted molar refractivity (Wildman–Crippen MR) is 118 cm³/mol. The van der Waals surface area contributed by atoms with E-state index < -0.39 is 17.9 Å². The number of benzene rings is 3. The highest BCUT2D eigenvalue weighted by Crippen LogP contribution is 2.28. The molecule has 0 aliphatic heterocycles. The van der Waals surface area contributed by atoms with Crippen molar-refractivity contribution in [2.45, 2.75) is 18.9 Å². The molecule has 0 saturated carbocycles. The van der Waals surface area contributed by atoms with Gasteiger partial charge in [-0.2, -0.15) is 0 Å². The third-order valence-corrected chi connectivity index (χ3v) is 4.93. The lowest BCUT2D eigenvalue weighted by Crippen LogP contribution is -2.48. The van der Waals surface area contributed by atoms with Gasteiger partial charge < -0.3 is 4.74 Å². The van der Waals surface area contributed by atoms with Crippen molar-refractivity contribution in [3.05, 3.63) is 100 Å². The summed E-state index contributed by atoms with van der Waals surface area (Å²) in [6, 6.07) is 23.4. The minimum absolute atomic E-state index is 0.291. The average molecular weight is 443 g/mol. The molecule has 1 unspecified atom stereocenters. The summed E-state index contributed by atoms with van der Waals surface area (Å²) in [7, 11) is 0. The summed E-state index contributed by atoms with van der Waals surface area (Å²) in [5, 5.41) is 0.754. The summed E-state index contributed by atoms with van der Waals surface area (Å²) in [5.74, 6) is -1.14. The zero-order chi connectivity index (χ0) is 21.5. The first-order valence-electron chi connectivity index (χ1n) is 9.27. The van der Waals surface area contributed by atoms with E-state index in [-0.39, 0.29) is 5.91 Å². The van der Waals surface area contributed by atoms with Gasteiger partial charge in [-0.25, -0.2) is 0 Å². The Kier molecular flexibility index (Phi) is 7.33. The number of carbonyl (C=O) groups excluding carboxylic acids is 2. The summed E-state index contributed by atoms with van der Waals surface area (Å²) in [4.78, 5) is 25.3. The molecule has 0 spiro atoms. The number of hydrogen-bond acceptors (Lipinski definition) is 3. The minimum Gasteiger partial charge on any atom is -0.479 e. The van der Waals surface area contributed by atoms with E-state index in [2.05, 4.69) is 10.9 Å². The molecule has 2 amide bonds. The maximum atomic E-state index is 12.9. The highest BCUT2D eigenvalue weighted by atomic mass is 35.5. The molecule has 2 N–H and O–H groups in total. The number of carbonyl (C=O) groups is 2. The number of ether oxygens (including phenoxy) is 1. The molecule has 1 atom stereocenters. The fourth-order valence-corrected chi connectivity index (χ4v) is 3.35. The first-order valence-corrected chi connectivity index (χ1v) is 10.0. The van der Waals surface area contributed by atoms with Gasteiger partial charge in [0, 0.05) is 5.02 Å². The lowest BCUT2D eigenvalue weighted by molar-refractivity contribution is -0.133. The first kappa shape index (κ1) is 21.7. The monoisotopic (exact) mass is 442 g/mol. The number of amides is 2. The molecule has 0 aromatic heterocycles. The van der Waals surface area contributed by atoms with Crippen LogP contribution in [0.25, 0.3) is 0 Å². The minimum atomic E-state index is -0.893. The van der Waals surface area contributed by atoms with E-state index in [1.165, 1.54) is 6.07 Å². The standard InChI is InChI=1S/C23H20Cl2N2O3/c1-15(30-20-13-12-18(24)14-19(20)25)22(28)26-27-23(29)21(16-8-4-2-5-9-16)17-10-6-3-7-11-17/h2-15,21H,1H3,(H,26,28)(H,27,29). The van der Waals surface area contributed by atoms with E-state index in [0.29, 0.717) is 15.8 Å². The van der Waals surface area contributed by atoms with Gasteiger partial charge >= 0.3 is 0 Å². The Morgan fingerprint density at radius 3 is 1.87 bits per heavy atom. The van der Waals surface area contributed by atoms with Gasteiger partial charge in [-0.1, -0.05) is 83.9 Å². The third-order valence-electron chi connectivity index (χ3n) is 4.40. The molecule has 3 aromatic rings. The summed E-state index contributed by atoms with van der Waals surface area (Å²) in [6.07, 6.45) is -0.893. The second-order valence-electron chi connectivity index (χ2n) is 6.57. The zero-order valence-electron chi connectivity index (χ0n) is 16.1. The molecule has 7 heteroatoms. The first-order chi connectivity index (χ1) is 14.5. The van der Waals surface area contributed by atoms with Gasteiger partial charge in [0.15, 0.2) is 6.10 Å². The Morgan fingerprint density at radius 2 is 1.33 bits per heavy atom. The van der Waals surface area contributed by atoms with Crippen LogP contribution in [0.2, 0.25) is 10.0 Å². The molecule has 0 bridgehead atoms. The molecule has 30 heavy (non-hydrogen) atoms. The summed E-state index contributed by atoms with van der Waals surface area (Å²) in [6.45, 7) is 1.55.